The predicted octanol–water partition coefficient (Wildman–Crippen LogP) is 6.55. The van der Waals surface area contributed by atoms with Gasteiger partial charge in [0.2, 0.25) is 0 Å². The average Bonchev–Trinajstić information content (AvgIpc) is 3.59. The summed E-state index contributed by atoms with van der Waals surface area (Å²) in [5.41, 5.74) is 5.26. The molecule has 2 heterocycles. The molecule has 174 valence electrons. The number of rotatable bonds is 7. The number of benzene rings is 3. The highest BCUT2D eigenvalue weighted by Gasteiger charge is 2.34. The molecule has 1 unspecified atom stereocenters. The van der Waals surface area contributed by atoms with E-state index < -0.39 is 0 Å². The lowest BCUT2D eigenvalue weighted by atomic mass is 9.88. The smallest absolute Gasteiger partial charge is 0.120 e. The first-order chi connectivity index (χ1) is 16.7. The Balaban J connectivity index is 1.35. The van der Waals surface area contributed by atoms with Crippen molar-refractivity contribution in [2.45, 2.75) is 18.8 Å². The van der Waals surface area contributed by atoms with Crippen LogP contribution in [-0.2, 0) is 0 Å². The molecule has 5 heteroatoms. The number of fused-ring (bicyclic) bond motifs is 5. The largest absolute Gasteiger partial charge is 0.497 e. The molecule has 3 aromatic carbocycles. The van der Waals surface area contributed by atoms with E-state index >= 15 is 0 Å². The number of thiophene rings is 1. The quantitative estimate of drug-likeness (QED) is 0.269. The van der Waals surface area contributed by atoms with Crippen LogP contribution in [0.5, 0.6) is 17.2 Å². The summed E-state index contributed by atoms with van der Waals surface area (Å²) in [6.07, 6.45) is 2.63. The number of ether oxygens (including phenoxy) is 3. The molecule has 1 saturated heterocycles. The number of methoxy groups -OCH3 is 2. The van der Waals surface area contributed by atoms with E-state index in [1.165, 1.54) is 63.1 Å². The summed E-state index contributed by atoms with van der Waals surface area (Å²) in [6, 6.07) is 21.6. The van der Waals surface area contributed by atoms with Crippen LogP contribution in [0, 0.1) is 0 Å². The van der Waals surface area contributed by atoms with Crippen molar-refractivity contribution in [1.82, 2.24) is 4.90 Å². The van der Waals surface area contributed by atoms with Gasteiger partial charge < -0.3 is 14.2 Å². The van der Waals surface area contributed by atoms with Gasteiger partial charge in [0.25, 0.3) is 0 Å². The van der Waals surface area contributed by atoms with Crippen LogP contribution in [0.4, 0.5) is 0 Å². The molecule has 0 spiro atoms. The molecule has 1 atom stereocenters. The molecule has 2 aliphatic rings. The lowest BCUT2D eigenvalue weighted by Gasteiger charge is -2.17. The van der Waals surface area contributed by atoms with Gasteiger partial charge in [-0.05, 0) is 102 Å². The van der Waals surface area contributed by atoms with Crippen molar-refractivity contribution in [1.29, 1.82) is 0 Å². The molecule has 4 aromatic rings. The fraction of sp³-hybridized carbons (Fsp3) is 0.310. The second-order valence-electron chi connectivity index (χ2n) is 9.06. The highest BCUT2D eigenvalue weighted by molar-refractivity contribution is 7.22. The van der Waals surface area contributed by atoms with Crippen LogP contribution in [0.3, 0.4) is 0 Å². The number of likely N-dealkylation sites (tertiary alicyclic amines) is 1. The van der Waals surface area contributed by atoms with E-state index in [9.17, 15) is 0 Å². The van der Waals surface area contributed by atoms with Crippen LogP contribution in [-0.4, -0.2) is 45.4 Å². The molecule has 1 aliphatic heterocycles. The fourth-order valence-electron chi connectivity index (χ4n) is 5.38. The highest BCUT2D eigenvalue weighted by atomic mass is 32.1. The predicted molar refractivity (Wildman–Crippen MR) is 139 cm³/mol. The molecule has 1 aliphatic carbocycles. The van der Waals surface area contributed by atoms with Crippen molar-refractivity contribution < 1.29 is 14.2 Å². The molecule has 0 amide bonds. The van der Waals surface area contributed by atoms with E-state index in [1.54, 1.807) is 14.2 Å². The minimum atomic E-state index is 0.167. The average molecular weight is 472 g/mol. The zero-order valence-electron chi connectivity index (χ0n) is 19.7. The minimum absolute atomic E-state index is 0.167. The third kappa shape index (κ3) is 3.73. The topological polar surface area (TPSA) is 30.9 Å². The minimum Gasteiger partial charge on any atom is -0.497 e. The van der Waals surface area contributed by atoms with E-state index in [-0.39, 0.29) is 5.92 Å². The molecule has 4 nitrogen and oxygen atoms in total. The molecule has 1 fully saturated rings. The van der Waals surface area contributed by atoms with Crippen LogP contribution in [0.25, 0.3) is 20.5 Å². The SMILES string of the molecule is COc1ccc2c(c1)C(c1ccc(OCCN3CCCC3)cc1)c1c-2sc2cc(OC)ccc12. The first-order valence-electron chi connectivity index (χ1n) is 12.0. The summed E-state index contributed by atoms with van der Waals surface area (Å²) in [5.74, 6) is 2.90. The molecular formula is C29H29NO3S. The Morgan fingerprint density at radius 3 is 2.32 bits per heavy atom. The normalized spacial score (nSPS) is 17.1. The van der Waals surface area contributed by atoms with Crippen molar-refractivity contribution in [2.24, 2.45) is 0 Å². The standard InChI is InChI=1S/C29H29NO3S/c1-31-21-9-11-23-25(17-21)27(28-24-12-10-22(32-2)18-26(24)34-29(23)28)19-5-7-20(8-6-19)33-16-15-30-13-3-4-14-30/h5-12,17-18,27H,3-4,13-16H2,1-2H3. The van der Waals surface area contributed by atoms with Gasteiger partial charge in [-0.25, -0.2) is 0 Å². The first-order valence-corrected chi connectivity index (χ1v) is 12.8. The molecule has 0 saturated carbocycles. The molecule has 0 N–H and O–H groups in total. The van der Waals surface area contributed by atoms with Crippen LogP contribution in [0.15, 0.2) is 60.7 Å². The summed E-state index contributed by atoms with van der Waals surface area (Å²) in [4.78, 5) is 3.83. The Labute approximate surface area is 204 Å². The molecule has 34 heavy (non-hydrogen) atoms. The highest BCUT2D eigenvalue weighted by Crippen LogP contribution is 2.55. The Hall–Kier alpha value is -3.02. The Bertz CT molecular complexity index is 1320. The van der Waals surface area contributed by atoms with E-state index in [0.717, 1.165) is 30.4 Å². The molecular weight excluding hydrogens is 442 g/mol. The van der Waals surface area contributed by atoms with Gasteiger partial charge in [-0.1, -0.05) is 12.1 Å². The maximum atomic E-state index is 6.07. The Morgan fingerprint density at radius 2 is 1.56 bits per heavy atom. The van der Waals surface area contributed by atoms with Crippen molar-refractivity contribution in [3.8, 4) is 27.7 Å². The van der Waals surface area contributed by atoms with E-state index in [1.807, 2.05) is 11.3 Å². The van der Waals surface area contributed by atoms with Gasteiger partial charge >= 0.3 is 0 Å². The van der Waals surface area contributed by atoms with Gasteiger partial charge in [0, 0.05) is 22.0 Å². The van der Waals surface area contributed by atoms with E-state index in [2.05, 4.69) is 65.6 Å². The van der Waals surface area contributed by atoms with Crippen molar-refractivity contribution in [2.75, 3.05) is 40.5 Å². The lowest BCUT2D eigenvalue weighted by molar-refractivity contribution is 0.238. The number of hydrogen-bond donors (Lipinski definition) is 0. The van der Waals surface area contributed by atoms with Crippen LogP contribution in [0.2, 0.25) is 0 Å². The van der Waals surface area contributed by atoms with Gasteiger partial charge in [-0.3, -0.25) is 4.90 Å². The second kappa shape index (κ2) is 8.97. The van der Waals surface area contributed by atoms with Crippen molar-refractivity contribution >= 4 is 21.4 Å². The van der Waals surface area contributed by atoms with Gasteiger partial charge in [-0.15, -0.1) is 11.3 Å². The molecule has 1 aromatic heterocycles. The summed E-state index contributed by atoms with van der Waals surface area (Å²) >= 11 is 1.85. The Kier molecular flexibility index (Phi) is 5.67. The molecule has 6 rings (SSSR count). The summed E-state index contributed by atoms with van der Waals surface area (Å²) in [6.45, 7) is 4.15. The second-order valence-corrected chi connectivity index (χ2v) is 10.1. The van der Waals surface area contributed by atoms with Gasteiger partial charge in [-0.2, -0.15) is 0 Å². The summed E-state index contributed by atoms with van der Waals surface area (Å²) in [7, 11) is 3.46. The van der Waals surface area contributed by atoms with Crippen molar-refractivity contribution in [3.05, 3.63) is 77.4 Å². The molecule has 0 bridgehead atoms. The van der Waals surface area contributed by atoms with Crippen LogP contribution in [0.1, 0.15) is 35.4 Å². The first kappa shape index (κ1) is 21.5. The number of nitrogens with zero attached hydrogens (tertiary/aromatic N) is 1. The lowest BCUT2D eigenvalue weighted by Crippen LogP contribution is -2.25. The van der Waals surface area contributed by atoms with Gasteiger partial charge in [0.05, 0.1) is 14.2 Å². The summed E-state index contributed by atoms with van der Waals surface area (Å²) < 4.78 is 18.4. The van der Waals surface area contributed by atoms with Crippen molar-refractivity contribution in [3.63, 3.8) is 0 Å². The maximum absolute atomic E-state index is 6.07. The molecule has 0 radical (unpaired) electrons. The monoisotopic (exact) mass is 471 g/mol. The zero-order chi connectivity index (χ0) is 23.1. The van der Waals surface area contributed by atoms with Crippen LogP contribution >= 0.6 is 11.3 Å². The van der Waals surface area contributed by atoms with E-state index in [0.29, 0.717) is 0 Å². The van der Waals surface area contributed by atoms with Crippen LogP contribution < -0.4 is 14.2 Å². The van der Waals surface area contributed by atoms with E-state index in [4.69, 9.17) is 14.2 Å². The number of hydrogen-bond acceptors (Lipinski definition) is 5. The Morgan fingerprint density at radius 1 is 0.853 bits per heavy atom. The maximum Gasteiger partial charge on any atom is 0.120 e. The fourth-order valence-corrected chi connectivity index (χ4v) is 6.70. The third-order valence-electron chi connectivity index (χ3n) is 7.13. The zero-order valence-corrected chi connectivity index (χ0v) is 20.5. The summed E-state index contributed by atoms with van der Waals surface area (Å²) in [5, 5.41) is 1.30. The van der Waals surface area contributed by atoms with Gasteiger partial charge in [0.1, 0.15) is 23.9 Å². The third-order valence-corrected chi connectivity index (χ3v) is 8.33. The van der Waals surface area contributed by atoms with Gasteiger partial charge in [0.15, 0.2) is 0 Å².